The average Bonchev–Trinajstić information content (AvgIpc) is 2.38. The summed E-state index contributed by atoms with van der Waals surface area (Å²) in [6, 6.07) is 8.12. The molecule has 0 saturated heterocycles. The van der Waals surface area contributed by atoms with E-state index in [1.807, 2.05) is 26.2 Å². The summed E-state index contributed by atoms with van der Waals surface area (Å²) >= 11 is 0. The lowest BCUT2D eigenvalue weighted by atomic mass is 9.85. The van der Waals surface area contributed by atoms with Crippen LogP contribution in [0.2, 0.25) is 0 Å². The predicted molar refractivity (Wildman–Crippen MR) is 75.7 cm³/mol. The van der Waals surface area contributed by atoms with Crippen molar-refractivity contribution >= 4 is 5.69 Å². The van der Waals surface area contributed by atoms with Crippen LogP contribution in [0.25, 0.3) is 0 Å². The molecule has 0 spiro atoms. The zero-order chi connectivity index (χ0) is 13.0. The molecule has 2 heteroatoms. The van der Waals surface area contributed by atoms with E-state index in [1.54, 1.807) is 0 Å². The maximum absolute atomic E-state index is 10.3. The van der Waals surface area contributed by atoms with Gasteiger partial charge in [-0.25, -0.2) is 0 Å². The molecule has 0 heterocycles. The Bertz CT molecular complexity index is 444. The van der Waals surface area contributed by atoms with Crippen LogP contribution in [0, 0.1) is 11.8 Å². The molecule has 0 radical (unpaired) electrons. The van der Waals surface area contributed by atoms with Crippen LogP contribution in [-0.2, 0) is 0 Å². The molecule has 0 atom stereocenters. The third-order valence-electron chi connectivity index (χ3n) is 3.50. The van der Waals surface area contributed by atoms with E-state index in [1.165, 1.54) is 6.42 Å². The van der Waals surface area contributed by atoms with Crippen molar-refractivity contribution in [2.75, 3.05) is 19.0 Å². The van der Waals surface area contributed by atoms with Crippen LogP contribution in [0.5, 0.6) is 0 Å². The van der Waals surface area contributed by atoms with Crippen LogP contribution >= 0.6 is 0 Å². The van der Waals surface area contributed by atoms with Crippen LogP contribution in [0.1, 0.15) is 37.7 Å². The van der Waals surface area contributed by atoms with Crippen molar-refractivity contribution in [3.63, 3.8) is 0 Å². The van der Waals surface area contributed by atoms with Gasteiger partial charge in [0.15, 0.2) is 0 Å². The Morgan fingerprint density at radius 1 is 1.06 bits per heavy atom. The summed E-state index contributed by atoms with van der Waals surface area (Å²) in [5.74, 6) is 6.16. The summed E-state index contributed by atoms with van der Waals surface area (Å²) in [6.07, 6.45) is 5.03. The van der Waals surface area contributed by atoms with Gasteiger partial charge in [0.05, 0.1) is 0 Å². The van der Waals surface area contributed by atoms with Crippen molar-refractivity contribution < 1.29 is 5.11 Å². The molecule has 2 nitrogen and oxygen atoms in total. The van der Waals surface area contributed by atoms with Gasteiger partial charge >= 0.3 is 0 Å². The highest BCUT2D eigenvalue weighted by molar-refractivity contribution is 5.49. The summed E-state index contributed by atoms with van der Waals surface area (Å²) in [4.78, 5) is 2.06. The highest BCUT2D eigenvalue weighted by Crippen LogP contribution is 2.27. The third kappa shape index (κ3) is 3.27. The van der Waals surface area contributed by atoms with Crippen molar-refractivity contribution in [1.82, 2.24) is 0 Å². The van der Waals surface area contributed by atoms with Gasteiger partial charge in [-0.3, -0.25) is 0 Å². The molecular formula is C16H21NO. The first-order valence-electron chi connectivity index (χ1n) is 6.62. The lowest BCUT2D eigenvalue weighted by Gasteiger charge is -2.26. The van der Waals surface area contributed by atoms with Gasteiger partial charge < -0.3 is 10.0 Å². The van der Waals surface area contributed by atoms with Gasteiger partial charge in [-0.2, -0.15) is 0 Å². The normalized spacial score (nSPS) is 17.7. The third-order valence-corrected chi connectivity index (χ3v) is 3.50. The first-order chi connectivity index (χ1) is 8.59. The largest absolute Gasteiger partial charge is 0.378 e. The van der Waals surface area contributed by atoms with Crippen LogP contribution in [0.3, 0.4) is 0 Å². The average molecular weight is 243 g/mol. The molecule has 1 aliphatic rings. The van der Waals surface area contributed by atoms with E-state index in [9.17, 15) is 5.11 Å². The number of nitrogens with zero attached hydrogens (tertiary/aromatic N) is 1. The topological polar surface area (TPSA) is 23.5 Å². The standard InChI is InChI=1S/C16H21NO/c1-17(2)15-8-6-14(7-9-15)10-13-16(18)11-4-3-5-12-16/h6-9,18H,3-5,11-12H2,1-2H3. The van der Waals surface area contributed by atoms with Gasteiger partial charge in [0.1, 0.15) is 5.60 Å². The van der Waals surface area contributed by atoms with Crippen molar-refractivity contribution in [3.05, 3.63) is 29.8 Å². The number of hydrogen-bond donors (Lipinski definition) is 1. The van der Waals surface area contributed by atoms with Crippen molar-refractivity contribution in [2.24, 2.45) is 0 Å². The zero-order valence-electron chi connectivity index (χ0n) is 11.2. The van der Waals surface area contributed by atoms with Crippen LogP contribution in [0.4, 0.5) is 5.69 Å². The molecular weight excluding hydrogens is 222 g/mol. The fraction of sp³-hybridized carbons (Fsp3) is 0.500. The predicted octanol–water partition coefficient (Wildman–Crippen LogP) is 2.80. The maximum Gasteiger partial charge on any atom is 0.125 e. The minimum atomic E-state index is -0.752. The Kier molecular flexibility index (Phi) is 3.93. The van der Waals surface area contributed by atoms with E-state index in [2.05, 4.69) is 28.9 Å². The summed E-state index contributed by atoms with van der Waals surface area (Å²) in [5, 5.41) is 10.3. The number of hydrogen-bond acceptors (Lipinski definition) is 2. The van der Waals surface area contributed by atoms with E-state index in [-0.39, 0.29) is 0 Å². The molecule has 18 heavy (non-hydrogen) atoms. The van der Waals surface area contributed by atoms with Crippen LogP contribution in [0.15, 0.2) is 24.3 Å². The molecule has 1 aromatic rings. The second-order valence-corrected chi connectivity index (χ2v) is 5.28. The quantitative estimate of drug-likeness (QED) is 0.767. The Morgan fingerprint density at radius 2 is 1.67 bits per heavy atom. The lowest BCUT2D eigenvalue weighted by molar-refractivity contribution is 0.0610. The molecule has 1 aromatic carbocycles. The highest BCUT2D eigenvalue weighted by Gasteiger charge is 2.26. The summed E-state index contributed by atoms with van der Waals surface area (Å²) in [7, 11) is 4.04. The van der Waals surface area contributed by atoms with E-state index >= 15 is 0 Å². The van der Waals surface area contributed by atoms with Gasteiger partial charge in [0.2, 0.25) is 0 Å². The molecule has 0 amide bonds. The Balaban J connectivity index is 2.09. The van der Waals surface area contributed by atoms with Gasteiger partial charge in [-0.15, -0.1) is 0 Å². The van der Waals surface area contributed by atoms with Gasteiger partial charge in [0, 0.05) is 25.3 Å². The first-order valence-corrected chi connectivity index (χ1v) is 6.62. The summed E-state index contributed by atoms with van der Waals surface area (Å²) in [5.41, 5.74) is 1.38. The van der Waals surface area contributed by atoms with E-state index in [0.717, 1.165) is 36.9 Å². The molecule has 96 valence electrons. The van der Waals surface area contributed by atoms with Crippen LogP contribution in [-0.4, -0.2) is 24.8 Å². The smallest absolute Gasteiger partial charge is 0.125 e. The minimum Gasteiger partial charge on any atom is -0.378 e. The van der Waals surface area contributed by atoms with Crippen molar-refractivity contribution in [1.29, 1.82) is 0 Å². The number of aliphatic hydroxyl groups is 1. The molecule has 1 saturated carbocycles. The minimum absolute atomic E-state index is 0.752. The monoisotopic (exact) mass is 243 g/mol. The van der Waals surface area contributed by atoms with E-state index < -0.39 is 5.60 Å². The van der Waals surface area contributed by atoms with E-state index in [0.29, 0.717) is 0 Å². The Morgan fingerprint density at radius 3 is 2.22 bits per heavy atom. The molecule has 1 aliphatic carbocycles. The second kappa shape index (κ2) is 5.46. The van der Waals surface area contributed by atoms with E-state index in [4.69, 9.17) is 0 Å². The highest BCUT2D eigenvalue weighted by atomic mass is 16.3. The first kappa shape index (κ1) is 13.0. The van der Waals surface area contributed by atoms with Gasteiger partial charge in [-0.05, 0) is 49.9 Å². The van der Waals surface area contributed by atoms with Crippen molar-refractivity contribution in [2.45, 2.75) is 37.7 Å². The molecule has 0 aliphatic heterocycles. The molecule has 0 unspecified atom stereocenters. The molecule has 1 fully saturated rings. The van der Waals surface area contributed by atoms with Gasteiger partial charge in [0.25, 0.3) is 0 Å². The fourth-order valence-electron chi connectivity index (χ4n) is 2.29. The number of anilines is 1. The molecule has 0 bridgehead atoms. The second-order valence-electron chi connectivity index (χ2n) is 5.28. The fourth-order valence-corrected chi connectivity index (χ4v) is 2.29. The van der Waals surface area contributed by atoms with Crippen LogP contribution < -0.4 is 4.90 Å². The Hall–Kier alpha value is -1.46. The maximum atomic E-state index is 10.3. The molecule has 0 aromatic heterocycles. The summed E-state index contributed by atoms with van der Waals surface area (Å²) in [6.45, 7) is 0. The number of benzene rings is 1. The lowest BCUT2D eigenvalue weighted by Crippen LogP contribution is -2.29. The van der Waals surface area contributed by atoms with Gasteiger partial charge in [-0.1, -0.05) is 18.3 Å². The SMILES string of the molecule is CN(C)c1ccc(C#CC2(O)CCCCC2)cc1. The Labute approximate surface area is 110 Å². The molecule has 1 N–H and O–H groups in total. The number of rotatable bonds is 1. The van der Waals surface area contributed by atoms with Crippen molar-refractivity contribution in [3.8, 4) is 11.8 Å². The zero-order valence-corrected chi connectivity index (χ0v) is 11.2. The molecule has 2 rings (SSSR count). The summed E-state index contributed by atoms with van der Waals surface area (Å²) < 4.78 is 0.